The van der Waals surface area contributed by atoms with Gasteiger partial charge in [-0.1, -0.05) is 0 Å². The number of hydrogen-bond donors (Lipinski definition) is 2. The molecule has 2 N–H and O–H groups in total. The van der Waals surface area contributed by atoms with E-state index in [-0.39, 0.29) is 35.1 Å². The fraction of sp³-hybridized carbons (Fsp3) is 0.538. The first-order valence-corrected chi connectivity index (χ1v) is 11.4. The first-order valence-electron chi connectivity index (χ1n) is 11.4. The fourth-order valence-electron chi connectivity index (χ4n) is 5.57. The predicted octanol–water partition coefficient (Wildman–Crippen LogP) is 4.82. The van der Waals surface area contributed by atoms with Gasteiger partial charge in [0.25, 0.3) is 0 Å². The Balaban J connectivity index is 1.55. The molecule has 0 unspecified atom stereocenters. The van der Waals surface area contributed by atoms with E-state index in [1.807, 2.05) is 26.8 Å². The minimum Gasteiger partial charge on any atom is -0.464 e. The lowest BCUT2D eigenvalue weighted by Gasteiger charge is -2.46. The highest BCUT2D eigenvalue weighted by atomic mass is 16.4. The number of piperidine rings is 1. The Morgan fingerprint density at radius 3 is 2.38 bits per heavy atom. The smallest absolute Gasteiger partial charge is 0.339 e. The number of amides is 1. The van der Waals surface area contributed by atoms with Gasteiger partial charge in [-0.3, -0.25) is 4.79 Å². The Morgan fingerprint density at radius 1 is 1.06 bits per heavy atom. The summed E-state index contributed by atoms with van der Waals surface area (Å²) in [7, 11) is 0. The van der Waals surface area contributed by atoms with Crippen LogP contribution in [-0.2, 0) is 11.2 Å². The summed E-state index contributed by atoms with van der Waals surface area (Å²) in [5.74, 6) is -0.0280. The highest BCUT2D eigenvalue weighted by molar-refractivity contribution is 5.99. The predicted molar refractivity (Wildman–Crippen MR) is 127 cm³/mol. The molecule has 6 nitrogen and oxygen atoms in total. The summed E-state index contributed by atoms with van der Waals surface area (Å²) >= 11 is 0. The standard InChI is InChI=1S/C26H34N2O4/c1-14-13-31-22-16(3)23-20(10-19(14)22)15(2)18(24(30)32-23)8-9-21(29)27-17-11-25(4,5)28-26(6,7)12-17/h10,13,17,28H,8-9,11-12H2,1-7H3,(H,27,29). The number of carbonyl (C=O) groups is 1. The molecule has 1 fully saturated rings. The summed E-state index contributed by atoms with van der Waals surface area (Å²) < 4.78 is 11.4. The molecule has 0 bridgehead atoms. The maximum atomic E-state index is 12.8. The van der Waals surface area contributed by atoms with Crippen molar-refractivity contribution in [2.45, 2.75) is 91.3 Å². The van der Waals surface area contributed by atoms with Gasteiger partial charge in [0.15, 0.2) is 0 Å². The number of furan rings is 1. The van der Waals surface area contributed by atoms with Gasteiger partial charge < -0.3 is 19.5 Å². The van der Waals surface area contributed by atoms with E-state index in [1.54, 1.807) is 6.26 Å². The molecule has 0 spiro atoms. The zero-order valence-electron chi connectivity index (χ0n) is 20.2. The van der Waals surface area contributed by atoms with Gasteiger partial charge in [-0.2, -0.15) is 0 Å². The Kier molecular flexibility index (Phi) is 5.48. The number of nitrogens with one attached hydrogen (secondary N) is 2. The van der Waals surface area contributed by atoms with E-state index in [0.717, 1.165) is 45.9 Å². The number of rotatable bonds is 4. The number of fused-ring (bicyclic) bond motifs is 2. The summed E-state index contributed by atoms with van der Waals surface area (Å²) in [6.07, 6.45) is 4.08. The fourth-order valence-corrected chi connectivity index (χ4v) is 5.57. The van der Waals surface area contributed by atoms with Crippen molar-refractivity contribution in [2.75, 3.05) is 0 Å². The highest BCUT2D eigenvalue weighted by Crippen LogP contribution is 2.33. The summed E-state index contributed by atoms with van der Waals surface area (Å²) in [6, 6.07) is 2.14. The van der Waals surface area contributed by atoms with E-state index in [4.69, 9.17) is 8.83 Å². The molecule has 6 heteroatoms. The molecule has 32 heavy (non-hydrogen) atoms. The van der Waals surface area contributed by atoms with Crippen LogP contribution in [0.5, 0.6) is 0 Å². The number of carbonyl (C=O) groups excluding carboxylic acids is 1. The minimum atomic E-state index is -0.377. The van der Waals surface area contributed by atoms with E-state index in [1.165, 1.54) is 0 Å². The molecule has 1 amide bonds. The van der Waals surface area contributed by atoms with Crippen LogP contribution in [0.1, 0.15) is 69.2 Å². The third-order valence-electron chi connectivity index (χ3n) is 6.69. The third-order valence-corrected chi connectivity index (χ3v) is 6.69. The Bertz CT molecular complexity index is 1250. The average Bonchev–Trinajstić information content (AvgIpc) is 3.01. The normalized spacial score (nSPS) is 18.3. The Labute approximate surface area is 188 Å². The second-order valence-electron chi connectivity index (χ2n) is 10.7. The van der Waals surface area contributed by atoms with Crippen molar-refractivity contribution >= 4 is 27.8 Å². The second kappa shape index (κ2) is 7.77. The van der Waals surface area contributed by atoms with Crippen LogP contribution in [0, 0.1) is 20.8 Å². The van der Waals surface area contributed by atoms with Crippen LogP contribution in [0.2, 0.25) is 0 Å². The van der Waals surface area contributed by atoms with Gasteiger partial charge in [0.1, 0.15) is 11.2 Å². The van der Waals surface area contributed by atoms with Crippen LogP contribution in [-0.4, -0.2) is 23.0 Å². The van der Waals surface area contributed by atoms with Gasteiger partial charge in [-0.25, -0.2) is 4.79 Å². The summed E-state index contributed by atoms with van der Waals surface area (Å²) in [4.78, 5) is 25.5. The molecular formula is C26H34N2O4. The molecule has 0 atom stereocenters. The quantitative estimate of drug-likeness (QED) is 0.571. The Hall–Kier alpha value is -2.60. The van der Waals surface area contributed by atoms with Crippen LogP contribution in [0.3, 0.4) is 0 Å². The van der Waals surface area contributed by atoms with Gasteiger partial charge >= 0.3 is 5.63 Å². The number of aryl methyl sites for hydroxylation is 3. The maximum Gasteiger partial charge on any atom is 0.339 e. The minimum absolute atomic E-state index is 0.0280. The van der Waals surface area contributed by atoms with Crippen molar-refractivity contribution in [3.8, 4) is 0 Å². The summed E-state index contributed by atoms with van der Waals surface area (Å²) in [5.41, 5.74) is 4.17. The zero-order valence-corrected chi connectivity index (χ0v) is 20.2. The lowest BCUT2D eigenvalue weighted by Crippen LogP contribution is -2.62. The number of hydrogen-bond acceptors (Lipinski definition) is 5. The molecule has 3 heterocycles. The van der Waals surface area contributed by atoms with Crippen molar-refractivity contribution in [3.63, 3.8) is 0 Å². The van der Waals surface area contributed by atoms with Crippen molar-refractivity contribution < 1.29 is 13.6 Å². The Morgan fingerprint density at radius 2 is 1.72 bits per heavy atom. The van der Waals surface area contributed by atoms with Crippen LogP contribution >= 0.6 is 0 Å². The summed E-state index contributed by atoms with van der Waals surface area (Å²) in [5, 5.41) is 8.74. The van der Waals surface area contributed by atoms with Crippen LogP contribution in [0.25, 0.3) is 21.9 Å². The molecule has 0 radical (unpaired) electrons. The summed E-state index contributed by atoms with van der Waals surface area (Å²) in [6.45, 7) is 14.5. The molecule has 0 saturated carbocycles. The van der Waals surface area contributed by atoms with Gasteiger partial charge in [0.2, 0.25) is 5.91 Å². The van der Waals surface area contributed by atoms with Gasteiger partial charge in [-0.15, -0.1) is 0 Å². The topological polar surface area (TPSA) is 84.5 Å². The third kappa shape index (κ3) is 4.20. The maximum absolute atomic E-state index is 12.8. The molecule has 2 aromatic heterocycles. The molecule has 0 aliphatic carbocycles. The van der Waals surface area contributed by atoms with E-state index >= 15 is 0 Å². The van der Waals surface area contributed by atoms with E-state index in [9.17, 15) is 9.59 Å². The highest BCUT2D eigenvalue weighted by Gasteiger charge is 2.38. The first kappa shape index (κ1) is 22.6. The van der Waals surface area contributed by atoms with Crippen molar-refractivity contribution in [1.29, 1.82) is 0 Å². The van der Waals surface area contributed by atoms with Crippen LogP contribution in [0.15, 0.2) is 26.0 Å². The molecule has 4 rings (SSSR count). The second-order valence-corrected chi connectivity index (χ2v) is 10.7. The monoisotopic (exact) mass is 438 g/mol. The van der Waals surface area contributed by atoms with Crippen molar-refractivity contribution in [3.05, 3.63) is 45.0 Å². The van der Waals surface area contributed by atoms with E-state index in [0.29, 0.717) is 17.6 Å². The molecule has 1 aliphatic rings. The molecule has 172 valence electrons. The van der Waals surface area contributed by atoms with Crippen LogP contribution < -0.4 is 16.3 Å². The largest absolute Gasteiger partial charge is 0.464 e. The molecule has 1 saturated heterocycles. The van der Waals surface area contributed by atoms with Crippen molar-refractivity contribution in [2.24, 2.45) is 0 Å². The van der Waals surface area contributed by atoms with Gasteiger partial charge in [-0.05, 0) is 84.9 Å². The average molecular weight is 439 g/mol. The molecular weight excluding hydrogens is 404 g/mol. The van der Waals surface area contributed by atoms with Crippen molar-refractivity contribution in [1.82, 2.24) is 10.6 Å². The van der Waals surface area contributed by atoms with Gasteiger partial charge in [0.05, 0.1) is 6.26 Å². The molecule has 1 aliphatic heterocycles. The lowest BCUT2D eigenvalue weighted by molar-refractivity contribution is -0.122. The van der Waals surface area contributed by atoms with Gasteiger partial charge in [0, 0.05) is 45.4 Å². The van der Waals surface area contributed by atoms with Crippen LogP contribution in [0.4, 0.5) is 0 Å². The molecule has 3 aromatic rings. The lowest BCUT2D eigenvalue weighted by atomic mass is 9.79. The first-order chi connectivity index (χ1) is 14.9. The molecule has 1 aromatic carbocycles. The van der Waals surface area contributed by atoms with E-state index in [2.05, 4.69) is 38.3 Å². The number of benzene rings is 1. The van der Waals surface area contributed by atoms with E-state index < -0.39 is 0 Å². The zero-order chi connectivity index (χ0) is 23.4. The SMILES string of the molecule is Cc1coc2c(C)c3oc(=O)c(CCC(=O)NC4CC(C)(C)NC(C)(C)C4)c(C)c3cc12.